The zero-order valence-corrected chi connectivity index (χ0v) is 10.3. The maximum absolute atomic E-state index is 13.5. The highest BCUT2D eigenvalue weighted by Gasteiger charge is 2.20. The van der Waals surface area contributed by atoms with Crippen LogP contribution in [0.2, 0.25) is 0 Å². The molecule has 0 aliphatic heterocycles. The van der Waals surface area contributed by atoms with E-state index in [0.29, 0.717) is 10.7 Å². The maximum atomic E-state index is 13.5. The number of hydrogen-bond donors (Lipinski definition) is 1. The monoisotopic (exact) mass is 254 g/mol. The van der Waals surface area contributed by atoms with Gasteiger partial charge in [0.2, 0.25) is 0 Å². The van der Waals surface area contributed by atoms with Crippen molar-refractivity contribution in [2.45, 2.75) is 19.4 Å². The Morgan fingerprint density at radius 1 is 1.29 bits per heavy atom. The van der Waals surface area contributed by atoms with Gasteiger partial charge in [-0.25, -0.2) is 13.8 Å². The summed E-state index contributed by atoms with van der Waals surface area (Å²) < 4.78 is 26.6. The Morgan fingerprint density at radius 3 is 2.59 bits per heavy atom. The van der Waals surface area contributed by atoms with Crippen molar-refractivity contribution in [3.8, 4) is 11.3 Å². The predicted octanol–water partition coefficient (Wildman–Crippen LogP) is 3.28. The summed E-state index contributed by atoms with van der Waals surface area (Å²) in [6.45, 7) is 3.63. The van der Waals surface area contributed by atoms with Crippen LogP contribution in [0.25, 0.3) is 11.3 Å². The molecular weight excluding hydrogens is 242 g/mol. The molecule has 0 fully saturated rings. The van der Waals surface area contributed by atoms with E-state index in [4.69, 9.17) is 5.73 Å². The van der Waals surface area contributed by atoms with Gasteiger partial charge >= 0.3 is 0 Å². The minimum atomic E-state index is -0.577. The van der Waals surface area contributed by atoms with E-state index in [2.05, 4.69) is 4.98 Å². The second-order valence-electron chi connectivity index (χ2n) is 4.38. The second-order valence-corrected chi connectivity index (χ2v) is 5.24. The number of aromatic nitrogens is 1. The van der Waals surface area contributed by atoms with Gasteiger partial charge in [-0.3, -0.25) is 0 Å². The zero-order valence-electron chi connectivity index (χ0n) is 9.50. The lowest BCUT2D eigenvalue weighted by Gasteiger charge is -2.13. The van der Waals surface area contributed by atoms with Crippen LogP contribution in [-0.4, -0.2) is 4.98 Å². The van der Waals surface area contributed by atoms with Gasteiger partial charge in [0.25, 0.3) is 0 Å². The molecule has 0 saturated heterocycles. The number of nitrogens with two attached hydrogens (primary N) is 1. The highest BCUT2D eigenvalue weighted by atomic mass is 32.1. The number of hydrogen-bond acceptors (Lipinski definition) is 3. The SMILES string of the molecule is CC(C)(N)c1nc(-c2cc(F)ccc2F)cs1. The van der Waals surface area contributed by atoms with Crippen LogP contribution in [0.15, 0.2) is 23.6 Å². The number of thiazole rings is 1. The summed E-state index contributed by atoms with van der Waals surface area (Å²) in [5.41, 5.74) is 5.90. The first-order valence-electron chi connectivity index (χ1n) is 5.08. The Labute approximate surface area is 102 Å². The molecule has 0 radical (unpaired) electrons. The van der Waals surface area contributed by atoms with Crippen molar-refractivity contribution in [1.82, 2.24) is 4.98 Å². The van der Waals surface area contributed by atoms with Gasteiger partial charge in [0, 0.05) is 10.9 Å². The quantitative estimate of drug-likeness (QED) is 0.893. The Kier molecular flexibility index (Phi) is 2.97. The van der Waals surface area contributed by atoms with E-state index < -0.39 is 17.2 Å². The Balaban J connectivity index is 2.47. The second kappa shape index (κ2) is 4.16. The van der Waals surface area contributed by atoms with Gasteiger partial charge in [0.15, 0.2) is 0 Å². The summed E-state index contributed by atoms with van der Waals surface area (Å²) in [7, 11) is 0. The minimum absolute atomic E-state index is 0.164. The van der Waals surface area contributed by atoms with Crippen molar-refractivity contribution < 1.29 is 8.78 Å². The normalized spacial score (nSPS) is 11.8. The number of benzene rings is 1. The summed E-state index contributed by atoms with van der Waals surface area (Å²) in [4.78, 5) is 4.24. The molecule has 0 unspecified atom stereocenters. The molecule has 0 bridgehead atoms. The minimum Gasteiger partial charge on any atom is -0.320 e. The fraction of sp³-hybridized carbons (Fsp3) is 0.250. The maximum Gasteiger partial charge on any atom is 0.132 e. The van der Waals surface area contributed by atoms with Gasteiger partial charge in [-0.1, -0.05) is 0 Å². The molecule has 2 aromatic rings. The van der Waals surface area contributed by atoms with E-state index in [9.17, 15) is 8.78 Å². The molecule has 0 amide bonds. The van der Waals surface area contributed by atoms with Gasteiger partial charge in [0.05, 0.1) is 11.2 Å². The number of rotatable bonds is 2. The lowest BCUT2D eigenvalue weighted by molar-refractivity contribution is 0.550. The Hall–Kier alpha value is -1.33. The largest absolute Gasteiger partial charge is 0.320 e. The van der Waals surface area contributed by atoms with E-state index in [1.807, 2.05) is 13.8 Å². The standard InChI is InChI=1S/C12H12F2N2S/c1-12(2,15)11-16-10(6-17-11)8-5-7(13)3-4-9(8)14/h3-6H,15H2,1-2H3. The van der Waals surface area contributed by atoms with Gasteiger partial charge in [-0.15, -0.1) is 11.3 Å². The molecule has 0 saturated carbocycles. The molecule has 0 aliphatic carbocycles. The molecule has 2 nitrogen and oxygen atoms in total. The van der Waals surface area contributed by atoms with Crippen LogP contribution < -0.4 is 5.73 Å². The zero-order chi connectivity index (χ0) is 12.6. The highest BCUT2D eigenvalue weighted by Crippen LogP contribution is 2.29. The van der Waals surface area contributed by atoms with Crippen molar-refractivity contribution in [3.05, 3.63) is 40.2 Å². The lowest BCUT2D eigenvalue weighted by atomic mass is 10.1. The van der Waals surface area contributed by atoms with Gasteiger partial charge in [0.1, 0.15) is 16.6 Å². The molecule has 1 aromatic heterocycles. The molecule has 90 valence electrons. The lowest BCUT2D eigenvalue weighted by Crippen LogP contribution is -2.28. The molecule has 5 heteroatoms. The smallest absolute Gasteiger partial charge is 0.132 e. The average Bonchev–Trinajstić information content (AvgIpc) is 2.70. The van der Waals surface area contributed by atoms with Crippen molar-refractivity contribution in [3.63, 3.8) is 0 Å². The molecule has 2 rings (SSSR count). The van der Waals surface area contributed by atoms with Crippen LogP contribution in [0.5, 0.6) is 0 Å². The van der Waals surface area contributed by atoms with Crippen LogP contribution in [0.1, 0.15) is 18.9 Å². The van der Waals surface area contributed by atoms with E-state index in [0.717, 1.165) is 18.2 Å². The fourth-order valence-corrected chi connectivity index (χ4v) is 2.24. The molecule has 0 aliphatic rings. The van der Waals surface area contributed by atoms with E-state index in [1.165, 1.54) is 11.3 Å². The third-order valence-corrected chi connectivity index (χ3v) is 3.44. The van der Waals surface area contributed by atoms with E-state index in [1.54, 1.807) is 5.38 Å². The predicted molar refractivity (Wildman–Crippen MR) is 64.7 cm³/mol. The van der Waals surface area contributed by atoms with E-state index in [-0.39, 0.29) is 5.56 Å². The molecule has 1 aromatic carbocycles. The summed E-state index contributed by atoms with van der Waals surface area (Å²) in [6, 6.07) is 3.31. The van der Waals surface area contributed by atoms with Crippen LogP contribution in [0.4, 0.5) is 8.78 Å². The molecule has 2 N–H and O–H groups in total. The molecule has 1 heterocycles. The van der Waals surface area contributed by atoms with Gasteiger partial charge < -0.3 is 5.73 Å². The molecular formula is C12H12F2N2S. The van der Waals surface area contributed by atoms with E-state index >= 15 is 0 Å². The molecule has 0 atom stereocenters. The third-order valence-electron chi connectivity index (χ3n) is 2.26. The van der Waals surface area contributed by atoms with Gasteiger partial charge in [-0.2, -0.15) is 0 Å². The summed E-state index contributed by atoms with van der Waals surface area (Å²) in [5.74, 6) is -0.971. The van der Waals surface area contributed by atoms with Crippen LogP contribution >= 0.6 is 11.3 Å². The van der Waals surface area contributed by atoms with Crippen molar-refractivity contribution >= 4 is 11.3 Å². The van der Waals surface area contributed by atoms with Crippen LogP contribution in [-0.2, 0) is 5.54 Å². The third kappa shape index (κ3) is 2.50. The first-order chi connectivity index (χ1) is 7.88. The van der Waals surface area contributed by atoms with Crippen molar-refractivity contribution in [2.24, 2.45) is 5.73 Å². The molecule has 17 heavy (non-hydrogen) atoms. The molecule has 0 spiro atoms. The van der Waals surface area contributed by atoms with Crippen LogP contribution in [0, 0.1) is 11.6 Å². The van der Waals surface area contributed by atoms with Gasteiger partial charge in [-0.05, 0) is 32.0 Å². The number of nitrogens with zero attached hydrogens (tertiary/aromatic N) is 1. The highest BCUT2D eigenvalue weighted by molar-refractivity contribution is 7.10. The fourth-order valence-electron chi connectivity index (χ4n) is 1.39. The topological polar surface area (TPSA) is 38.9 Å². The number of halogens is 2. The first kappa shape index (κ1) is 12.1. The summed E-state index contributed by atoms with van der Waals surface area (Å²) in [6.07, 6.45) is 0. The Morgan fingerprint density at radius 2 is 2.00 bits per heavy atom. The van der Waals surface area contributed by atoms with Crippen molar-refractivity contribution in [2.75, 3.05) is 0 Å². The average molecular weight is 254 g/mol. The summed E-state index contributed by atoms with van der Waals surface area (Å²) >= 11 is 1.34. The Bertz CT molecular complexity index is 544. The first-order valence-corrected chi connectivity index (χ1v) is 5.96. The van der Waals surface area contributed by atoms with Crippen LogP contribution in [0.3, 0.4) is 0 Å². The summed E-state index contributed by atoms with van der Waals surface area (Å²) in [5, 5.41) is 2.37. The van der Waals surface area contributed by atoms with Crippen molar-refractivity contribution in [1.29, 1.82) is 0 Å².